The van der Waals surface area contributed by atoms with Crippen molar-refractivity contribution in [3.8, 4) is 0 Å². The van der Waals surface area contributed by atoms with Crippen molar-refractivity contribution in [3.05, 3.63) is 48.0 Å². The first-order valence-corrected chi connectivity index (χ1v) is 13.3. The zero-order valence-electron chi connectivity index (χ0n) is 20.7. The molecule has 0 saturated heterocycles. The lowest BCUT2D eigenvalue weighted by molar-refractivity contribution is -0.221. The van der Waals surface area contributed by atoms with Gasteiger partial charge < -0.3 is 14.3 Å². The lowest BCUT2D eigenvalue weighted by atomic mass is 9.44. The second kappa shape index (κ2) is 8.59. The van der Waals surface area contributed by atoms with Gasteiger partial charge in [-0.2, -0.15) is 0 Å². The molecule has 0 bridgehead atoms. The van der Waals surface area contributed by atoms with Crippen LogP contribution in [0.3, 0.4) is 0 Å². The minimum Gasteiger partial charge on any atom is -0.457 e. The van der Waals surface area contributed by atoms with Gasteiger partial charge in [0.2, 0.25) is 10.9 Å². The number of hydrogen-bond donors (Lipinski definition) is 1. The maximum atomic E-state index is 17.4. The van der Waals surface area contributed by atoms with Crippen molar-refractivity contribution in [2.45, 2.75) is 63.6 Å². The van der Waals surface area contributed by atoms with E-state index in [9.17, 15) is 23.9 Å². The Hall–Kier alpha value is -2.33. The smallest absolute Gasteiger partial charge is 0.375 e. The fourth-order valence-corrected chi connectivity index (χ4v) is 8.76. The molecule has 0 amide bonds. The van der Waals surface area contributed by atoms with E-state index < -0.39 is 75.0 Å². The molecular formula is C27H29F3O6S. The quantitative estimate of drug-likeness (QED) is 0.544. The van der Waals surface area contributed by atoms with E-state index in [2.05, 4.69) is 0 Å². The number of thioether (sulfide) groups is 1. The molecule has 3 saturated carbocycles. The summed E-state index contributed by atoms with van der Waals surface area (Å²) in [4.78, 5) is 38.7. The summed E-state index contributed by atoms with van der Waals surface area (Å²) in [6.45, 7) is 4.79. The zero-order valence-corrected chi connectivity index (χ0v) is 21.5. The molecule has 3 fully saturated rings. The van der Waals surface area contributed by atoms with Crippen molar-refractivity contribution in [1.82, 2.24) is 0 Å². The topological polar surface area (TPSA) is 93.8 Å². The summed E-state index contributed by atoms with van der Waals surface area (Å²) in [5, 5.41) is 10.7. The van der Waals surface area contributed by atoms with Crippen LogP contribution in [0.15, 0.2) is 46.6 Å². The SMILES string of the molecule is C[C@@H]1CC2C3C[C@H](F)C4=CC(=O)C=C[C@]4(C)[C@@]3(F)C(O)C[C@]2(C)[C@@]1(OC(=O)c1ccco1)C(=O)SCF. The van der Waals surface area contributed by atoms with Gasteiger partial charge in [0, 0.05) is 22.7 Å². The van der Waals surface area contributed by atoms with Gasteiger partial charge in [-0.05, 0) is 73.7 Å². The minimum atomic E-state index is -2.35. The van der Waals surface area contributed by atoms with Crippen LogP contribution in [0.25, 0.3) is 0 Å². The fraction of sp³-hybridized carbons (Fsp3) is 0.593. The van der Waals surface area contributed by atoms with E-state index in [1.165, 1.54) is 37.5 Å². The minimum absolute atomic E-state index is 0.00739. The molecule has 37 heavy (non-hydrogen) atoms. The molecule has 1 aromatic heterocycles. The van der Waals surface area contributed by atoms with Gasteiger partial charge in [0.15, 0.2) is 17.1 Å². The van der Waals surface area contributed by atoms with E-state index in [1.807, 2.05) is 0 Å². The number of allylic oxidation sites excluding steroid dienone is 4. The van der Waals surface area contributed by atoms with Crippen LogP contribution >= 0.6 is 11.8 Å². The highest BCUT2D eigenvalue weighted by Crippen LogP contribution is 2.72. The van der Waals surface area contributed by atoms with Crippen LogP contribution in [0.2, 0.25) is 0 Å². The van der Waals surface area contributed by atoms with Crippen molar-refractivity contribution in [1.29, 1.82) is 0 Å². The van der Waals surface area contributed by atoms with Crippen molar-refractivity contribution in [3.63, 3.8) is 0 Å². The van der Waals surface area contributed by atoms with Gasteiger partial charge in [-0.1, -0.05) is 19.9 Å². The highest BCUT2D eigenvalue weighted by Gasteiger charge is 2.78. The molecule has 0 aliphatic heterocycles. The second-order valence-corrected chi connectivity index (χ2v) is 12.0. The number of hydrogen-bond acceptors (Lipinski definition) is 7. The first-order valence-electron chi connectivity index (χ1n) is 12.3. The predicted molar refractivity (Wildman–Crippen MR) is 129 cm³/mol. The monoisotopic (exact) mass is 538 g/mol. The number of furan rings is 1. The molecule has 5 rings (SSSR count). The van der Waals surface area contributed by atoms with E-state index in [0.29, 0.717) is 11.8 Å². The second-order valence-electron chi connectivity index (χ2n) is 11.1. The lowest BCUT2D eigenvalue weighted by Gasteiger charge is -2.63. The first kappa shape index (κ1) is 26.3. The predicted octanol–water partition coefficient (Wildman–Crippen LogP) is 4.93. The van der Waals surface area contributed by atoms with Gasteiger partial charge in [0.05, 0.1) is 12.4 Å². The Morgan fingerprint density at radius 3 is 2.65 bits per heavy atom. The van der Waals surface area contributed by atoms with Crippen LogP contribution in [0.5, 0.6) is 0 Å². The Bertz CT molecular complexity index is 1200. The molecule has 4 aliphatic rings. The number of aliphatic hydroxyl groups is 1. The molecule has 6 nitrogen and oxygen atoms in total. The largest absolute Gasteiger partial charge is 0.457 e. The molecule has 1 aromatic rings. The third-order valence-electron chi connectivity index (χ3n) is 9.63. The maximum Gasteiger partial charge on any atom is 0.375 e. The van der Waals surface area contributed by atoms with E-state index in [-0.39, 0.29) is 30.6 Å². The number of alkyl halides is 3. The molecule has 3 unspecified atom stereocenters. The Morgan fingerprint density at radius 2 is 2.00 bits per heavy atom. The van der Waals surface area contributed by atoms with Gasteiger partial charge >= 0.3 is 5.97 Å². The number of aliphatic hydroxyl groups excluding tert-OH is 1. The van der Waals surface area contributed by atoms with Gasteiger partial charge in [0.25, 0.3) is 0 Å². The van der Waals surface area contributed by atoms with Crippen LogP contribution in [0, 0.1) is 28.6 Å². The van der Waals surface area contributed by atoms with Crippen molar-refractivity contribution < 1.29 is 41.8 Å². The van der Waals surface area contributed by atoms with E-state index in [4.69, 9.17) is 9.15 Å². The molecular weight excluding hydrogens is 509 g/mol. The molecule has 4 aliphatic carbocycles. The normalized spacial score (nSPS) is 44.5. The van der Waals surface area contributed by atoms with Gasteiger partial charge in [0.1, 0.15) is 12.2 Å². The van der Waals surface area contributed by atoms with E-state index in [0.717, 1.165) is 6.08 Å². The standard InChI is InChI=1S/C27H29F3O6S/c1-14-9-16-17-11-19(29)18-10-15(31)6-7-24(18,2)26(17,30)21(32)12-25(16,3)27(14,23(34)37-13-28)36-22(33)20-5-4-8-35-20/h4-8,10,14,16-17,19,21,32H,9,11-13H2,1-3H3/t14-,16?,17?,19+,21?,24+,25+,26+,27+/m1/s1. The average molecular weight is 539 g/mol. The van der Waals surface area contributed by atoms with Crippen molar-refractivity contribution in [2.75, 3.05) is 6.01 Å². The highest BCUT2D eigenvalue weighted by atomic mass is 32.2. The summed E-state index contributed by atoms with van der Waals surface area (Å²) in [6.07, 6.45) is 1.16. The van der Waals surface area contributed by atoms with Crippen LogP contribution in [0.4, 0.5) is 13.2 Å². The summed E-state index contributed by atoms with van der Waals surface area (Å²) < 4.78 is 57.5. The molecule has 9 atom stereocenters. The van der Waals surface area contributed by atoms with Crippen LogP contribution in [-0.4, -0.2) is 51.5 Å². The number of esters is 1. The van der Waals surface area contributed by atoms with Gasteiger partial charge in [-0.15, -0.1) is 0 Å². The van der Waals surface area contributed by atoms with Crippen molar-refractivity contribution in [2.24, 2.45) is 28.6 Å². The van der Waals surface area contributed by atoms with E-state index in [1.54, 1.807) is 13.8 Å². The molecule has 10 heteroatoms. The molecule has 1 N–H and O–H groups in total. The fourth-order valence-electron chi connectivity index (χ4n) is 7.97. The summed E-state index contributed by atoms with van der Waals surface area (Å²) in [6, 6.07) is 1.78. The maximum absolute atomic E-state index is 17.4. The summed E-state index contributed by atoms with van der Waals surface area (Å²) in [5.74, 6) is -3.98. The number of carbonyl (C=O) groups excluding carboxylic acids is 3. The zero-order chi connectivity index (χ0) is 27.0. The van der Waals surface area contributed by atoms with Gasteiger partial charge in [-0.25, -0.2) is 18.0 Å². The third-order valence-corrected chi connectivity index (χ3v) is 10.3. The first-order chi connectivity index (χ1) is 17.4. The Balaban J connectivity index is 1.64. The summed E-state index contributed by atoms with van der Waals surface area (Å²) in [5.41, 5.74) is -7.19. The molecule has 0 aromatic carbocycles. The third kappa shape index (κ3) is 3.27. The Kier molecular flexibility index (Phi) is 6.10. The average Bonchev–Trinajstić information content (AvgIpc) is 3.45. The Labute approximate surface area is 216 Å². The van der Waals surface area contributed by atoms with Crippen LogP contribution in [-0.2, 0) is 14.3 Å². The number of halogens is 3. The number of ether oxygens (including phenoxy) is 1. The lowest BCUT2D eigenvalue weighted by Crippen LogP contribution is -2.70. The molecule has 1 heterocycles. The molecule has 200 valence electrons. The molecule has 0 radical (unpaired) electrons. The van der Waals surface area contributed by atoms with Crippen molar-refractivity contribution >= 4 is 28.6 Å². The highest BCUT2D eigenvalue weighted by molar-refractivity contribution is 8.13. The number of ketones is 1. The number of fused-ring (bicyclic) bond motifs is 5. The number of rotatable bonds is 4. The molecule has 0 spiro atoms. The van der Waals surface area contributed by atoms with Gasteiger partial charge in [-0.3, -0.25) is 9.59 Å². The Morgan fingerprint density at radius 1 is 1.27 bits per heavy atom. The van der Waals surface area contributed by atoms with Crippen LogP contribution in [0.1, 0.15) is 50.6 Å². The summed E-state index contributed by atoms with van der Waals surface area (Å²) >= 11 is 0.352. The van der Waals surface area contributed by atoms with E-state index >= 15 is 8.78 Å². The summed E-state index contributed by atoms with van der Waals surface area (Å²) in [7, 11) is 0. The number of carbonyl (C=O) groups is 3. The van der Waals surface area contributed by atoms with Crippen LogP contribution < -0.4 is 0 Å².